The van der Waals surface area contributed by atoms with Gasteiger partial charge < -0.3 is 9.84 Å². The normalized spacial score (nSPS) is 31.9. The first-order chi connectivity index (χ1) is 7.72. The van der Waals surface area contributed by atoms with Crippen molar-refractivity contribution in [3.05, 3.63) is 0 Å². The van der Waals surface area contributed by atoms with Crippen LogP contribution in [-0.4, -0.2) is 24.9 Å². The number of methoxy groups -OCH3 is 1. The molecule has 0 heterocycles. The van der Waals surface area contributed by atoms with Crippen LogP contribution in [0.2, 0.25) is 0 Å². The average molecular weight is 228 g/mol. The second kappa shape index (κ2) is 7.29. The molecule has 0 radical (unpaired) electrons. The Bertz CT molecular complexity index is 182. The summed E-state index contributed by atoms with van der Waals surface area (Å²) in [7, 11) is 1.73. The molecule has 0 aromatic carbocycles. The quantitative estimate of drug-likeness (QED) is 0.678. The Morgan fingerprint density at radius 3 is 2.56 bits per heavy atom. The highest BCUT2D eigenvalue weighted by Gasteiger charge is 2.35. The molecule has 0 amide bonds. The molecule has 1 N–H and O–H groups in total. The topological polar surface area (TPSA) is 29.5 Å². The van der Waals surface area contributed by atoms with Gasteiger partial charge in [-0.1, -0.05) is 26.7 Å². The number of ether oxygens (including phenoxy) is 1. The zero-order valence-corrected chi connectivity index (χ0v) is 11.1. The van der Waals surface area contributed by atoms with Gasteiger partial charge in [0.1, 0.15) is 0 Å². The summed E-state index contributed by atoms with van der Waals surface area (Å²) in [4.78, 5) is 0. The van der Waals surface area contributed by atoms with Gasteiger partial charge in [-0.2, -0.15) is 0 Å². The fourth-order valence-corrected chi connectivity index (χ4v) is 3.20. The zero-order valence-electron chi connectivity index (χ0n) is 11.1. The van der Waals surface area contributed by atoms with Crippen LogP contribution in [-0.2, 0) is 4.74 Å². The molecule has 16 heavy (non-hydrogen) atoms. The fourth-order valence-electron chi connectivity index (χ4n) is 3.20. The Morgan fingerprint density at radius 1 is 1.25 bits per heavy atom. The largest absolute Gasteiger partial charge is 0.393 e. The van der Waals surface area contributed by atoms with Crippen LogP contribution in [0.25, 0.3) is 0 Å². The predicted molar refractivity (Wildman–Crippen MR) is 67.4 cm³/mol. The van der Waals surface area contributed by atoms with Crippen molar-refractivity contribution in [1.29, 1.82) is 0 Å². The van der Waals surface area contributed by atoms with Gasteiger partial charge in [-0.25, -0.2) is 0 Å². The van der Waals surface area contributed by atoms with Crippen LogP contribution in [0.4, 0.5) is 0 Å². The Hall–Kier alpha value is -0.0800. The van der Waals surface area contributed by atoms with E-state index in [4.69, 9.17) is 4.74 Å². The molecule has 0 bridgehead atoms. The van der Waals surface area contributed by atoms with Gasteiger partial charge in [-0.05, 0) is 43.4 Å². The van der Waals surface area contributed by atoms with Crippen molar-refractivity contribution >= 4 is 0 Å². The standard InChI is InChI=1S/C14H28O2/c1-4-11-9-12(5-2)13(10-11)14(15)7-6-8-16-3/h11-15H,4-10H2,1-3H3. The summed E-state index contributed by atoms with van der Waals surface area (Å²) in [5, 5.41) is 10.2. The summed E-state index contributed by atoms with van der Waals surface area (Å²) in [5.74, 6) is 2.15. The van der Waals surface area contributed by atoms with Crippen LogP contribution in [0.5, 0.6) is 0 Å². The van der Waals surface area contributed by atoms with Crippen molar-refractivity contribution in [2.45, 2.75) is 58.5 Å². The van der Waals surface area contributed by atoms with Gasteiger partial charge in [-0.3, -0.25) is 0 Å². The van der Waals surface area contributed by atoms with Crippen LogP contribution in [0.1, 0.15) is 52.4 Å². The average Bonchev–Trinajstić information content (AvgIpc) is 2.72. The highest BCUT2D eigenvalue weighted by molar-refractivity contribution is 4.86. The van der Waals surface area contributed by atoms with Gasteiger partial charge in [0.25, 0.3) is 0 Å². The molecule has 1 aliphatic rings. The molecule has 1 fully saturated rings. The van der Waals surface area contributed by atoms with E-state index in [0.717, 1.165) is 31.3 Å². The van der Waals surface area contributed by atoms with E-state index in [-0.39, 0.29) is 6.10 Å². The molecule has 1 aliphatic carbocycles. The lowest BCUT2D eigenvalue weighted by molar-refractivity contribution is 0.0652. The van der Waals surface area contributed by atoms with E-state index in [0.29, 0.717) is 5.92 Å². The van der Waals surface area contributed by atoms with Crippen molar-refractivity contribution in [3.63, 3.8) is 0 Å². The van der Waals surface area contributed by atoms with E-state index in [1.165, 1.54) is 25.7 Å². The lowest BCUT2D eigenvalue weighted by Gasteiger charge is -2.23. The molecule has 1 saturated carbocycles. The van der Waals surface area contributed by atoms with Crippen LogP contribution >= 0.6 is 0 Å². The molecular formula is C14H28O2. The van der Waals surface area contributed by atoms with Gasteiger partial charge in [-0.15, -0.1) is 0 Å². The van der Waals surface area contributed by atoms with Gasteiger partial charge in [0.15, 0.2) is 0 Å². The molecule has 0 spiro atoms. The number of hydrogen-bond acceptors (Lipinski definition) is 2. The Kier molecular flexibility index (Phi) is 6.37. The molecular weight excluding hydrogens is 200 g/mol. The number of aliphatic hydroxyl groups excluding tert-OH is 1. The molecule has 4 unspecified atom stereocenters. The van der Waals surface area contributed by atoms with Gasteiger partial charge in [0, 0.05) is 13.7 Å². The summed E-state index contributed by atoms with van der Waals surface area (Å²) in [5.41, 5.74) is 0. The highest BCUT2D eigenvalue weighted by atomic mass is 16.5. The Labute approximate surface area is 100 Å². The maximum atomic E-state index is 10.2. The molecule has 1 rings (SSSR count). The van der Waals surface area contributed by atoms with E-state index in [2.05, 4.69) is 13.8 Å². The lowest BCUT2D eigenvalue weighted by atomic mass is 9.87. The summed E-state index contributed by atoms with van der Waals surface area (Å²) in [6.07, 6.45) is 6.87. The van der Waals surface area contributed by atoms with Crippen molar-refractivity contribution in [3.8, 4) is 0 Å². The monoisotopic (exact) mass is 228 g/mol. The number of aliphatic hydroxyl groups is 1. The van der Waals surface area contributed by atoms with Crippen molar-refractivity contribution in [2.24, 2.45) is 17.8 Å². The maximum Gasteiger partial charge on any atom is 0.0572 e. The van der Waals surface area contributed by atoms with Gasteiger partial charge >= 0.3 is 0 Å². The smallest absolute Gasteiger partial charge is 0.0572 e. The molecule has 0 aliphatic heterocycles. The lowest BCUT2D eigenvalue weighted by Crippen LogP contribution is -2.24. The van der Waals surface area contributed by atoms with E-state index in [1.54, 1.807) is 7.11 Å². The molecule has 2 nitrogen and oxygen atoms in total. The van der Waals surface area contributed by atoms with Gasteiger partial charge in [0.2, 0.25) is 0 Å². The van der Waals surface area contributed by atoms with Crippen LogP contribution < -0.4 is 0 Å². The fraction of sp³-hybridized carbons (Fsp3) is 1.00. The van der Waals surface area contributed by atoms with Crippen LogP contribution in [0.3, 0.4) is 0 Å². The second-order valence-electron chi connectivity index (χ2n) is 5.28. The van der Waals surface area contributed by atoms with Crippen LogP contribution in [0, 0.1) is 17.8 Å². The summed E-state index contributed by atoms with van der Waals surface area (Å²) in [6, 6.07) is 0. The van der Waals surface area contributed by atoms with Crippen molar-refractivity contribution < 1.29 is 9.84 Å². The first-order valence-electron chi connectivity index (χ1n) is 6.89. The third-order valence-corrected chi connectivity index (χ3v) is 4.29. The molecule has 0 saturated heterocycles. The molecule has 0 aromatic rings. The number of rotatable bonds is 7. The first-order valence-corrected chi connectivity index (χ1v) is 6.89. The third-order valence-electron chi connectivity index (χ3n) is 4.29. The third kappa shape index (κ3) is 3.74. The summed E-state index contributed by atoms with van der Waals surface area (Å²) < 4.78 is 5.04. The molecule has 0 aromatic heterocycles. The minimum Gasteiger partial charge on any atom is -0.393 e. The Balaban J connectivity index is 2.37. The Morgan fingerprint density at radius 2 is 2.00 bits per heavy atom. The minimum absolute atomic E-state index is 0.100. The second-order valence-corrected chi connectivity index (χ2v) is 5.28. The highest BCUT2D eigenvalue weighted by Crippen LogP contribution is 2.42. The van der Waals surface area contributed by atoms with Crippen LogP contribution in [0.15, 0.2) is 0 Å². The molecule has 2 heteroatoms. The van der Waals surface area contributed by atoms with Gasteiger partial charge in [0.05, 0.1) is 6.10 Å². The van der Waals surface area contributed by atoms with Crippen molar-refractivity contribution in [2.75, 3.05) is 13.7 Å². The van der Waals surface area contributed by atoms with E-state index < -0.39 is 0 Å². The van der Waals surface area contributed by atoms with E-state index >= 15 is 0 Å². The molecule has 96 valence electrons. The van der Waals surface area contributed by atoms with E-state index in [1.807, 2.05) is 0 Å². The van der Waals surface area contributed by atoms with E-state index in [9.17, 15) is 5.11 Å². The summed E-state index contributed by atoms with van der Waals surface area (Å²) in [6.45, 7) is 5.31. The zero-order chi connectivity index (χ0) is 12.0. The minimum atomic E-state index is -0.100. The summed E-state index contributed by atoms with van der Waals surface area (Å²) >= 11 is 0. The predicted octanol–water partition coefficient (Wildman–Crippen LogP) is 3.24. The maximum absolute atomic E-state index is 10.2. The number of hydrogen-bond donors (Lipinski definition) is 1. The molecule has 4 atom stereocenters. The van der Waals surface area contributed by atoms with Crippen molar-refractivity contribution in [1.82, 2.24) is 0 Å². The first kappa shape index (κ1) is 14.0. The SMILES string of the molecule is CCC1CC(CC)C(C(O)CCCOC)C1.